The standard InChI is InChI=1S/C37H38N4O7/c1-19-13-23-14-25-27(16-38)41-26(32(40(25)4)30(23)33(44)34(19)45-5)15-24-31(37-36(46-18-47-37)20(2)35(24)48-21(3)42)28(41)17-39-29(43)12-11-22-9-7-6-8-10-22/h6-13,25-28,32,44H,14-15,17-18H2,1-5H3,(H,39,43)/t25?,26?,27-,28-,32?/m0/s1. The van der Waals surface area contributed by atoms with E-state index in [1.165, 1.54) is 13.0 Å². The van der Waals surface area contributed by atoms with Crippen molar-refractivity contribution in [3.63, 3.8) is 0 Å². The van der Waals surface area contributed by atoms with Crippen molar-refractivity contribution in [3.05, 3.63) is 81.4 Å². The Balaban J connectivity index is 1.39. The highest BCUT2D eigenvalue weighted by Crippen LogP contribution is 2.58. The van der Waals surface area contributed by atoms with Gasteiger partial charge in [-0.3, -0.25) is 19.4 Å². The average Bonchev–Trinajstić information content (AvgIpc) is 3.56. The van der Waals surface area contributed by atoms with Crippen LogP contribution in [0.1, 0.15) is 58.0 Å². The maximum atomic E-state index is 13.3. The number of carbonyl (C=O) groups excluding carboxylic acids is 2. The Bertz CT molecular complexity index is 1890. The van der Waals surface area contributed by atoms with Gasteiger partial charge in [0, 0.05) is 53.9 Å². The fraction of sp³-hybridized carbons (Fsp3) is 0.378. The number of nitriles is 1. The molecule has 1 saturated heterocycles. The van der Waals surface area contributed by atoms with E-state index in [2.05, 4.69) is 21.2 Å². The van der Waals surface area contributed by atoms with Crippen LogP contribution in [0.4, 0.5) is 0 Å². The number of hydrogen-bond acceptors (Lipinski definition) is 10. The van der Waals surface area contributed by atoms with Gasteiger partial charge in [0.15, 0.2) is 23.0 Å². The first-order valence-corrected chi connectivity index (χ1v) is 16.1. The van der Waals surface area contributed by atoms with E-state index in [4.69, 9.17) is 18.9 Å². The lowest BCUT2D eigenvalue weighted by Gasteiger charge is -2.60. The maximum absolute atomic E-state index is 13.3. The minimum Gasteiger partial charge on any atom is -0.504 e. The summed E-state index contributed by atoms with van der Waals surface area (Å²) >= 11 is 0. The molecule has 248 valence electrons. The second-order valence-corrected chi connectivity index (χ2v) is 12.8. The fourth-order valence-electron chi connectivity index (χ4n) is 8.30. The number of amides is 1. The minimum atomic E-state index is -0.583. The highest BCUT2D eigenvalue weighted by atomic mass is 16.7. The van der Waals surface area contributed by atoms with Crippen molar-refractivity contribution < 1.29 is 33.6 Å². The van der Waals surface area contributed by atoms with Crippen LogP contribution in [0.3, 0.4) is 0 Å². The SMILES string of the molecule is COc1c(C)cc2c(c1O)C1C3Cc4c(OC(C)=O)c(C)c5c(c4[C@H](CNC(=O)C=Cc4ccccc4)N3[C@@H](C#N)C(C2)N1C)OCO5. The molecule has 0 saturated carbocycles. The van der Waals surface area contributed by atoms with E-state index in [0.717, 1.165) is 33.4 Å². The quantitative estimate of drug-likeness (QED) is 0.226. The number of esters is 1. The van der Waals surface area contributed by atoms with E-state index in [-0.39, 0.29) is 43.1 Å². The molecule has 0 spiro atoms. The predicted molar refractivity (Wildman–Crippen MR) is 176 cm³/mol. The van der Waals surface area contributed by atoms with Crippen LogP contribution in [0.5, 0.6) is 28.7 Å². The van der Waals surface area contributed by atoms with Crippen LogP contribution in [0.2, 0.25) is 0 Å². The molecule has 3 unspecified atom stereocenters. The van der Waals surface area contributed by atoms with Crippen LogP contribution in [-0.2, 0) is 22.4 Å². The van der Waals surface area contributed by atoms with Crippen molar-refractivity contribution in [1.29, 1.82) is 5.26 Å². The van der Waals surface area contributed by atoms with E-state index in [9.17, 15) is 20.0 Å². The van der Waals surface area contributed by atoms with E-state index >= 15 is 0 Å². The van der Waals surface area contributed by atoms with Gasteiger partial charge in [0.05, 0.1) is 25.3 Å². The molecule has 48 heavy (non-hydrogen) atoms. The third-order valence-corrected chi connectivity index (χ3v) is 10.2. The van der Waals surface area contributed by atoms with Gasteiger partial charge in [-0.1, -0.05) is 36.4 Å². The number of aromatic hydroxyl groups is 1. The van der Waals surface area contributed by atoms with Crippen LogP contribution >= 0.6 is 0 Å². The van der Waals surface area contributed by atoms with E-state index in [0.29, 0.717) is 41.4 Å². The molecule has 11 heteroatoms. The molecule has 0 radical (unpaired) electrons. The summed E-state index contributed by atoms with van der Waals surface area (Å²) in [6, 6.07) is 12.1. The molecule has 2 bridgehead atoms. The number of methoxy groups -OCH3 is 1. The molecule has 0 aromatic heterocycles. The smallest absolute Gasteiger partial charge is 0.308 e. The number of phenolic OH excluding ortho intramolecular Hbond substituents is 1. The molecule has 4 aliphatic heterocycles. The highest BCUT2D eigenvalue weighted by Gasteiger charge is 2.56. The molecule has 4 aliphatic rings. The lowest BCUT2D eigenvalue weighted by molar-refractivity contribution is -0.132. The number of likely N-dealkylation sites (N-methyl/N-ethyl adjacent to an activating group) is 1. The zero-order chi connectivity index (χ0) is 33.9. The number of piperazine rings is 1. The molecular formula is C37H38N4O7. The summed E-state index contributed by atoms with van der Waals surface area (Å²) in [5, 5.41) is 25.6. The molecular weight excluding hydrogens is 612 g/mol. The molecule has 5 atom stereocenters. The molecule has 4 heterocycles. The molecule has 2 N–H and O–H groups in total. The number of fused-ring (bicyclic) bond motifs is 9. The third kappa shape index (κ3) is 4.95. The number of aryl methyl sites for hydroxylation is 1. The second-order valence-electron chi connectivity index (χ2n) is 12.8. The van der Waals surface area contributed by atoms with Crippen LogP contribution < -0.4 is 24.3 Å². The van der Waals surface area contributed by atoms with Crippen molar-refractivity contribution in [2.45, 2.75) is 63.8 Å². The summed E-state index contributed by atoms with van der Waals surface area (Å²) in [5.74, 6) is 1.12. The first kappa shape index (κ1) is 31.5. The summed E-state index contributed by atoms with van der Waals surface area (Å²) in [7, 11) is 3.53. The Hall–Kier alpha value is -5.05. The van der Waals surface area contributed by atoms with Crippen molar-refractivity contribution in [2.75, 3.05) is 27.5 Å². The number of hydrogen-bond donors (Lipinski definition) is 2. The largest absolute Gasteiger partial charge is 0.504 e. The summed E-state index contributed by atoms with van der Waals surface area (Å²) < 4.78 is 23.5. The number of ether oxygens (including phenoxy) is 4. The molecule has 3 aromatic carbocycles. The Labute approximate surface area is 279 Å². The van der Waals surface area contributed by atoms with Crippen molar-refractivity contribution in [3.8, 4) is 34.8 Å². The first-order chi connectivity index (χ1) is 23.1. The van der Waals surface area contributed by atoms with Crippen LogP contribution in [0, 0.1) is 25.2 Å². The highest BCUT2D eigenvalue weighted by molar-refractivity contribution is 5.91. The topological polar surface area (TPSA) is 134 Å². The Morgan fingerprint density at radius 1 is 1.10 bits per heavy atom. The minimum absolute atomic E-state index is 0.00941. The number of rotatable bonds is 6. The number of benzene rings is 3. The van der Waals surface area contributed by atoms with Gasteiger partial charge < -0.3 is 29.4 Å². The van der Waals surface area contributed by atoms with Gasteiger partial charge in [0.1, 0.15) is 11.8 Å². The Morgan fingerprint density at radius 2 is 1.85 bits per heavy atom. The Kier molecular flexibility index (Phi) is 8.01. The number of phenols is 1. The van der Waals surface area contributed by atoms with Crippen LogP contribution in [-0.4, -0.2) is 72.4 Å². The number of carbonyl (C=O) groups is 2. The molecule has 1 amide bonds. The Morgan fingerprint density at radius 3 is 2.56 bits per heavy atom. The fourth-order valence-corrected chi connectivity index (χ4v) is 8.30. The summed E-state index contributed by atoms with van der Waals surface area (Å²) in [5.41, 5.74) is 5.56. The van der Waals surface area contributed by atoms with Crippen molar-refractivity contribution >= 4 is 18.0 Å². The molecule has 1 fully saturated rings. The van der Waals surface area contributed by atoms with Crippen LogP contribution in [0.25, 0.3) is 6.08 Å². The van der Waals surface area contributed by atoms with Gasteiger partial charge in [-0.25, -0.2) is 0 Å². The monoisotopic (exact) mass is 650 g/mol. The second kappa shape index (κ2) is 12.2. The molecule has 3 aromatic rings. The van der Waals surface area contributed by atoms with Gasteiger partial charge >= 0.3 is 5.97 Å². The van der Waals surface area contributed by atoms with E-state index in [1.807, 2.05) is 57.3 Å². The zero-order valence-corrected chi connectivity index (χ0v) is 27.6. The lowest BCUT2D eigenvalue weighted by atomic mass is 9.71. The van der Waals surface area contributed by atoms with E-state index < -0.39 is 18.1 Å². The van der Waals surface area contributed by atoms with Crippen molar-refractivity contribution in [1.82, 2.24) is 15.1 Å². The van der Waals surface area contributed by atoms with Gasteiger partial charge in [-0.05, 0) is 56.5 Å². The normalized spacial score (nSPS) is 23.9. The summed E-state index contributed by atoms with van der Waals surface area (Å²) in [6.07, 6.45) is 4.15. The van der Waals surface area contributed by atoms with Gasteiger partial charge in [-0.2, -0.15) is 5.26 Å². The van der Waals surface area contributed by atoms with E-state index in [1.54, 1.807) is 13.2 Å². The van der Waals surface area contributed by atoms with Gasteiger partial charge in [0.25, 0.3) is 0 Å². The molecule has 7 rings (SSSR count). The van der Waals surface area contributed by atoms with Crippen molar-refractivity contribution in [2.24, 2.45) is 0 Å². The summed E-state index contributed by atoms with van der Waals surface area (Å²) in [6.45, 7) is 5.22. The lowest BCUT2D eigenvalue weighted by Crippen LogP contribution is -2.68. The number of nitrogens with one attached hydrogen (secondary N) is 1. The molecule has 11 nitrogen and oxygen atoms in total. The van der Waals surface area contributed by atoms with Gasteiger partial charge in [-0.15, -0.1) is 0 Å². The van der Waals surface area contributed by atoms with Gasteiger partial charge in [0.2, 0.25) is 12.7 Å². The number of nitrogens with zero attached hydrogens (tertiary/aromatic N) is 3. The third-order valence-electron chi connectivity index (χ3n) is 10.2. The maximum Gasteiger partial charge on any atom is 0.308 e. The predicted octanol–water partition coefficient (Wildman–Crippen LogP) is 4.27. The molecule has 0 aliphatic carbocycles. The first-order valence-electron chi connectivity index (χ1n) is 16.1. The van der Waals surface area contributed by atoms with Crippen LogP contribution in [0.15, 0.2) is 42.5 Å². The average molecular weight is 651 g/mol. The summed E-state index contributed by atoms with van der Waals surface area (Å²) in [4.78, 5) is 30.1. The zero-order valence-electron chi connectivity index (χ0n) is 27.6.